The smallest absolute Gasteiger partial charge is 0.244 e. The monoisotopic (exact) mass is 292 g/mol. The predicted octanol–water partition coefficient (Wildman–Crippen LogP) is 1.34. The predicted molar refractivity (Wildman–Crippen MR) is 76.7 cm³/mol. The van der Waals surface area contributed by atoms with Gasteiger partial charge < -0.3 is 5.32 Å². The molecule has 20 heavy (non-hydrogen) atoms. The molecule has 2 heterocycles. The number of hydrogen-bond donors (Lipinski definition) is 1. The fourth-order valence-electron chi connectivity index (χ4n) is 1.69. The van der Waals surface area contributed by atoms with E-state index in [0.717, 1.165) is 5.56 Å². The van der Waals surface area contributed by atoms with E-state index in [1.165, 1.54) is 23.6 Å². The Morgan fingerprint density at radius 3 is 2.60 bits per heavy atom. The lowest BCUT2D eigenvalue weighted by molar-refractivity contribution is 0.466. The molecule has 0 unspecified atom stereocenters. The van der Waals surface area contributed by atoms with Crippen LogP contribution in [0.3, 0.4) is 0 Å². The van der Waals surface area contributed by atoms with Crippen molar-refractivity contribution in [3.05, 3.63) is 48.4 Å². The van der Waals surface area contributed by atoms with Crippen molar-refractivity contribution in [3.63, 3.8) is 0 Å². The summed E-state index contributed by atoms with van der Waals surface area (Å²) in [7, 11) is -0.284. The molecule has 2 rings (SSSR count). The van der Waals surface area contributed by atoms with Gasteiger partial charge in [0.15, 0.2) is 0 Å². The average molecular weight is 292 g/mol. The molecule has 106 valence electrons. The molecule has 0 aliphatic carbocycles. The molecule has 0 saturated heterocycles. The van der Waals surface area contributed by atoms with Gasteiger partial charge in [-0.15, -0.1) is 0 Å². The first-order valence-electron chi connectivity index (χ1n) is 6.03. The molecule has 2 aromatic heterocycles. The lowest BCUT2D eigenvalue weighted by Gasteiger charge is -2.17. The second kappa shape index (κ2) is 5.98. The number of hydrogen-bond acceptors (Lipinski definition) is 5. The van der Waals surface area contributed by atoms with Crippen molar-refractivity contribution in [2.24, 2.45) is 0 Å². The van der Waals surface area contributed by atoms with Crippen LogP contribution in [-0.4, -0.2) is 36.8 Å². The Kier molecular flexibility index (Phi) is 4.31. The highest BCUT2D eigenvalue weighted by Crippen LogP contribution is 2.16. The van der Waals surface area contributed by atoms with Gasteiger partial charge in [0, 0.05) is 39.2 Å². The molecule has 0 radical (unpaired) electrons. The number of sulfonamides is 1. The molecular weight excluding hydrogens is 276 g/mol. The van der Waals surface area contributed by atoms with Gasteiger partial charge in [-0.2, -0.15) is 4.31 Å². The van der Waals surface area contributed by atoms with Crippen LogP contribution in [0.2, 0.25) is 0 Å². The molecule has 1 N–H and O–H groups in total. The molecule has 0 aliphatic heterocycles. The molecule has 0 amide bonds. The first-order chi connectivity index (χ1) is 9.54. The molecule has 0 bridgehead atoms. The summed E-state index contributed by atoms with van der Waals surface area (Å²) >= 11 is 0. The quantitative estimate of drug-likeness (QED) is 0.900. The van der Waals surface area contributed by atoms with Crippen molar-refractivity contribution in [3.8, 4) is 0 Å². The van der Waals surface area contributed by atoms with E-state index in [9.17, 15) is 8.42 Å². The van der Waals surface area contributed by atoms with Crippen LogP contribution >= 0.6 is 0 Å². The third-order valence-corrected chi connectivity index (χ3v) is 4.62. The van der Waals surface area contributed by atoms with Crippen molar-refractivity contribution in [1.82, 2.24) is 14.3 Å². The molecule has 7 heteroatoms. The van der Waals surface area contributed by atoms with Gasteiger partial charge in [-0.1, -0.05) is 6.07 Å². The maximum absolute atomic E-state index is 12.4. The third kappa shape index (κ3) is 3.12. The number of anilines is 1. The minimum atomic E-state index is -3.55. The zero-order chi connectivity index (χ0) is 14.6. The Morgan fingerprint density at radius 1 is 1.25 bits per heavy atom. The summed E-state index contributed by atoms with van der Waals surface area (Å²) in [6.07, 6.45) is 4.65. The van der Waals surface area contributed by atoms with Crippen molar-refractivity contribution in [1.29, 1.82) is 0 Å². The first kappa shape index (κ1) is 14.4. The second-order valence-corrected chi connectivity index (χ2v) is 6.30. The fourth-order valence-corrected chi connectivity index (χ4v) is 2.80. The van der Waals surface area contributed by atoms with Gasteiger partial charge in [0.25, 0.3) is 0 Å². The Bertz CT molecular complexity index is 657. The number of aromatic nitrogens is 2. The molecule has 0 aromatic carbocycles. The van der Waals surface area contributed by atoms with E-state index in [4.69, 9.17) is 0 Å². The fraction of sp³-hybridized carbons (Fsp3) is 0.231. The topological polar surface area (TPSA) is 75.2 Å². The van der Waals surface area contributed by atoms with Crippen LogP contribution in [0.5, 0.6) is 0 Å². The molecule has 0 fully saturated rings. The summed E-state index contributed by atoms with van der Waals surface area (Å²) in [6, 6.07) is 6.78. The van der Waals surface area contributed by atoms with Crippen molar-refractivity contribution in [2.75, 3.05) is 19.4 Å². The van der Waals surface area contributed by atoms with Crippen LogP contribution in [0.4, 0.5) is 5.82 Å². The molecule has 0 saturated carbocycles. The van der Waals surface area contributed by atoms with E-state index in [1.807, 2.05) is 6.07 Å². The van der Waals surface area contributed by atoms with Crippen LogP contribution < -0.4 is 5.32 Å². The van der Waals surface area contributed by atoms with Crippen LogP contribution in [0.1, 0.15) is 5.56 Å². The lowest BCUT2D eigenvalue weighted by atomic mass is 10.3. The van der Waals surface area contributed by atoms with Crippen LogP contribution in [0, 0.1) is 0 Å². The number of pyridine rings is 2. The Balaban J connectivity index is 2.20. The Labute approximate surface area is 118 Å². The molecule has 0 aliphatic rings. The third-order valence-electron chi connectivity index (χ3n) is 2.83. The normalized spacial score (nSPS) is 11.6. The van der Waals surface area contributed by atoms with Gasteiger partial charge in [-0.25, -0.2) is 13.4 Å². The highest BCUT2D eigenvalue weighted by atomic mass is 32.2. The summed E-state index contributed by atoms with van der Waals surface area (Å²) in [5.41, 5.74) is 0.832. The van der Waals surface area contributed by atoms with E-state index in [0.29, 0.717) is 5.82 Å². The summed E-state index contributed by atoms with van der Waals surface area (Å²) in [5.74, 6) is 0.624. The van der Waals surface area contributed by atoms with Gasteiger partial charge in [0.2, 0.25) is 10.0 Å². The van der Waals surface area contributed by atoms with E-state index in [-0.39, 0.29) is 11.4 Å². The SMILES string of the molecule is CNc1ccc(S(=O)(=O)N(C)Cc2cccnc2)cn1. The highest BCUT2D eigenvalue weighted by Gasteiger charge is 2.21. The molecule has 2 aromatic rings. The maximum Gasteiger partial charge on any atom is 0.244 e. The summed E-state index contributed by atoms with van der Waals surface area (Å²) in [5, 5.41) is 2.85. The van der Waals surface area contributed by atoms with Gasteiger partial charge in [0.1, 0.15) is 10.7 Å². The summed E-state index contributed by atoms with van der Waals surface area (Å²) in [6.45, 7) is 0.268. The minimum Gasteiger partial charge on any atom is -0.373 e. The number of rotatable bonds is 5. The largest absolute Gasteiger partial charge is 0.373 e. The number of nitrogens with one attached hydrogen (secondary N) is 1. The Morgan fingerprint density at radius 2 is 2.05 bits per heavy atom. The van der Waals surface area contributed by atoms with Crippen molar-refractivity contribution >= 4 is 15.8 Å². The van der Waals surface area contributed by atoms with Crippen LogP contribution in [0.15, 0.2) is 47.8 Å². The lowest BCUT2D eigenvalue weighted by Crippen LogP contribution is -2.26. The summed E-state index contributed by atoms with van der Waals surface area (Å²) in [4.78, 5) is 8.17. The van der Waals surface area contributed by atoms with Crippen LogP contribution in [-0.2, 0) is 16.6 Å². The highest BCUT2D eigenvalue weighted by molar-refractivity contribution is 7.89. The van der Waals surface area contributed by atoms with Gasteiger partial charge >= 0.3 is 0 Å². The first-order valence-corrected chi connectivity index (χ1v) is 7.47. The van der Waals surface area contributed by atoms with Gasteiger partial charge in [0.05, 0.1) is 0 Å². The summed E-state index contributed by atoms with van der Waals surface area (Å²) < 4.78 is 26.0. The molecular formula is C13H16N4O2S. The average Bonchev–Trinajstić information content (AvgIpc) is 2.48. The van der Waals surface area contributed by atoms with Crippen LogP contribution in [0.25, 0.3) is 0 Å². The molecule has 0 spiro atoms. The van der Waals surface area contributed by atoms with Gasteiger partial charge in [-0.05, 0) is 23.8 Å². The van der Waals surface area contributed by atoms with E-state index in [2.05, 4.69) is 15.3 Å². The van der Waals surface area contributed by atoms with Crippen molar-refractivity contribution < 1.29 is 8.42 Å². The van der Waals surface area contributed by atoms with E-state index < -0.39 is 10.0 Å². The van der Waals surface area contributed by atoms with E-state index >= 15 is 0 Å². The maximum atomic E-state index is 12.4. The Hall–Kier alpha value is -1.99. The minimum absolute atomic E-state index is 0.169. The zero-order valence-corrected chi connectivity index (χ0v) is 12.1. The molecule has 0 atom stereocenters. The standard InChI is InChI=1S/C13H16N4O2S/c1-14-13-6-5-12(9-16-13)20(18,19)17(2)10-11-4-3-7-15-8-11/h3-9H,10H2,1-2H3,(H,14,16). The number of nitrogens with zero attached hydrogens (tertiary/aromatic N) is 3. The van der Waals surface area contributed by atoms with Gasteiger partial charge in [-0.3, -0.25) is 4.98 Å². The van der Waals surface area contributed by atoms with E-state index in [1.54, 1.807) is 31.6 Å². The second-order valence-electron chi connectivity index (χ2n) is 4.25. The molecule has 6 nitrogen and oxygen atoms in total. The van der Waals surface area contributed by atoms with Crippen molar-refractivity contribution in [2.45, 2.75) is 11.4 Å². The zero-order valence-electron chi connectivity index (χ0n) is 11.3.